The third kappa shape index (κ3) is 5.38. The Kier molecular flexibility index (Phi) is 6.12. The average Bonchev–Trinajstić information content (AvgIpc) is 2.56. The number of hydrogen-bond donors (Lipinski definition) is 1. The van der Waals surface area contributed by atoms with Gasteiger partial charge in [-0.15, -0.1) is 0 Å². The van der Waals surface area contributed by atoms with E-state index < -0.39 is 0 Å². The normalized spacial score (nSPS) is 13.1. The van der Waals surface area contributed by atoms with Gasteiger partial charge in [0.1, 0.15) is 6.54 Å². The molecule has 0 bridgehead atoms. The number of nitrogens with zero attached hydrogens (tertiary/aromatic N) is 1. The van der Waals surface area contributed by atoms with Gasteiger partial charge in [0, 0.05) is 11.1 Å². The Hall–Kier alpha value is -2.39. The summed E-state index contributed by atoms with van der Waals surface area (Å²) in [7, 11) is 2.20. The van der Waals surface area contributed by atoms with Gasteiger partial charge in [0.05, 0.1) is 26.7 Å². The quantitative estimate of drug-likeness (QED) is 0.588. The molecule has 0 fully saturated rings. The van der Waals surface area contributed by atoms with E-state index in [1.54, 1.807) is 0 Å². The van der Waals surface area contributed by atoms with Crippen molar-refractivity contribution < 1.29 is 9.28 Å². The maximum atomic E-state index is 12.1. The van der Waals surface area contributed by atoms with Gasteiger partial charge in [-0.3, -0.25) is 4.79 Å². The average molecular weight is 309 g/mol. The molecule has 0 aliphatic heterocycles. The minimum absolute atomic E-state index is 0.0181. The van der Waals surface area contributed by atoms with E-state index in [4.69, 9.17) is 0 Å². The summed E-state index contributed by atoms with van der Waals surface area (Å²) < 4.78 is 0.822. The molecule has 1 amide bonds. The number of rotatable bonds is 8. The van der Waals surface area contributed by atoms with Crippen LogP contribution in [0.15, 0.2) is 73.3 Å². The van der Waals surface area contributed by atoms with Crippen molar-refractivity contribution in [2.45, 2.75) is 6.54 Å². The van der Waals surface area contributed by atoms with Crippen molar-refractivity contribution in [2.75, 3.05) is 26.7 Å². The smallest absolute Gasteiger partial charge is 0.251 e. The van der Waals surface area contributed by atoms with Crippen LogP contribution in [0.25, 0.3) is 0 Å². The Morgan fingerprint density at radius 3 is 2.30 bits per heavy atom. The SMILES string of the molecule is C=CC[N+](C)(CCNC(=O)c1ccccc1)Cc1ccccc1. The number of benzene rings is 2. The monoisotopic (exact) mass is 309 g/mol. The Morgan fingerprint density at radius 1 is 1.09 bits per heavy atom. The molecule has 0 aromatic heterocycles. The molecule has 0 heterocycles. The van der Waals surface area contributed by atoms with Crippen LogP contribution in [0.4, 0.5) is 0 Å². The molecule has 2 aromatic rings. The van der Waals surface area contributed by atoms with E-state index in [9.17, 15) is 4.79 Å². The molecular weight excluding hydrogens is 284 g/mol. The molecule has 0 aliphatic rings. The molecule has 3 heteroatoms. The van der Waals surface area contributed by atoms with Crippen LogP contribution in [0.1, 0.15) is 15.9 Å². The van der Waals surface area contributed by atoms with Gasteiger partial charge < -0.3 is 9.80 Å². The number of carbonyl (C=O) groups is 1. The summed E-state index contributed by atoms with van der Waals surface area (Å²) in [5, 5.41) is 3.01. The molecule has 3 nitrogen and oxygen atoms in total. The number of hydrogen-bond acceptors (Lipinski definition) is 1. The van der Waals surface area contributed by atoms with E-state index in [2.05, 4.69) is 43.2 Å². The van der Waals surface area contributed by atoms with Crippen molar-refractivity contribution in [3.63, 3.8) is 0 Å². The fraction of sp³-hybridized carbons (Fsp3) is 0.250. The van der Waals surface area contributed by atoms with Gasteiger partial charge in [-0.25, -0.2) is 0 Å². The first-order chi connectivity index (χ1) is 11.1. The predicted molar refractivity (Wildman–Crippen MR) is 95.0 cm³/mol. The number of carbonyl (C=O) groups excluding carboxylic acids is 1. The summed E-state index contributed by atoms with van der Waals surface area (Å²) in [6.07, 6.45) is 1.95. The third-order valence-corrected chi connectivity index (χ3v) is 3.95. The van der Waals surface area contributed by atoms with Crippen molar-refractivity contribution >= 4 is 5.91 Å². The molecule has 0 aliphatic carbocycles. The van der Waals surface area contributed by atoms with Gasteiger partial charge in [0.15, 0.2) is 0 Å². The van der Waals surface area contributed by atoms with Crippen LogP contribution < -0.4 is 5.32 Å². The Bertz CT molecular complexity index is 625. The lowest BCUT2D eigenvalue weighted by atomic mass is 10.2. The summed E-state index contributed by atoms with van der Waals surface area (Å²) in [6, 6.07) is 19.8. The van der Waals surface area contributed by atoms with Crippen LogP contribution in [0.2, 0.25) is 0 Å². The van der Waals surface area contributed by atoms with Crippen molar-refractivity contribution in [3.8, 4) is 0 Å². The molecule has 120 valence electrons. The van der Waals surface area contributed by atoms with E-state index in [1.165, 1.54) is 5.56 Å². The maximum Gasteiger partial charge on any atom is 0.251 e. The van der Waals surface area contributed by atoms with Gasteiger partial charge in [-0.1, -0.05) is 55.1 Å². The van der Waals surface area contributed by atoms with Crippen molar-refractivity contribution in [1.82, 2.24) is 5.32 Å². The summed E-state index contributed by atoms with van der Waals surface area (Å²) in [6.45, 7) is 7.18. The van der Waals surface area contributed by atoms with E-state index in [0.717, 1.165) is 24.1 Å². The minimum Gasteiger partial charge on any atom is -0.346 e. The number of amides is 1. The number of nitrogens with one attached hydrogen (secondary N) is 1. The zero-order chi connectivity index (χ0) is 16.5. The van der Waals surface area contributed by atoms with E-state index in [0.29, 0.717) is 12.1 Å². The number of likely N-dealkylation sites (N-methyl/N-ethyl adjacent to an activating group) is 1. The standard InChI is InChI=1S/C20H24N2O/c1-3-15-22(2,17-18-10-6-4-7-11-18)16-14-21-20(23)19-12-8-5-9-13-19/h3-13H,1,14-17H2,2H3/p+1. The topological polar surface area (TPSA) is 29.1 Å². The van der Waals surface area contributed by atoms with Crippen LogP contribution in [0.3, 0.4) is 0 Å². The van der Waals surface area contributed by atoms with E-state index >= 15 is 0 Å². The van der Waals surface area contributed by atoms with Gasteiger partial charge in [-0.2, -0.15) is 0 Å². The van der Waals surface area contributed by atoms with Gasteiger partial charge in [0.25, 0.3) is 5.91 Å². The Balaban J connectivity index is 1.91. The molecule has 0 spiro atoms. The zero-order valence-electron chi connectivity index (χ0n) is 13.7. The first kappa shape index (κ1) is 17.0. The lowest BCUT2D eigenvalue weighted by Gasteiger charge is -2.33. The van der Waals surface area contributed by atoms with Crippen LogP contribution in [-0.2, 0) is 6.54 Å². The van der Waals surface area contributed by atoms with Crippen molar-refractivity contribution in [2.24, 2.45) is 0 Å². The maximum absolute atomic E-state index is 12.1. The van der Waals surface area contributed by atoms with Crippen LogP contribution in [-0.4, -0.2) is 37.1 Å². The molecule has 0 saturated heterocycles. The van der Waals surface area contributed by atoms with Crippen molar-refractivity contribution in [3.05, 3.63) is 84.4 Å². The second kappa shape index (κ2) is 8.30. The highest BCUT2D eigenvalue weighted by Gasteiger charge is 2.20. The summed E-state index contributed by atoms with van der Waals surface area (Å²) in [4.78, 5) is 12.1. The fourth-order valence-corrected chi connectivity index (χ4v) is 2.70. The second-order valence-electron chi connectivity index (χ2n) is 6.08. The van der Waals surface area contributed by atoms with Crippen LogP contribution in [0.5, 0.6) is 0 Å². The van der Waals surface area contributed by atoms with Crippen LogP contribution in [0, 0.1) is 0 Å². The van der Waals surface area contributed by atoms with Gasteiger partial charge in [0.2, 0.25) is 0 Å². The Morgan fingerprint density at radius 2 is 1.70 bits per heavy atom. The van der Waals surface area contributed by atoms with Gasteiger partial charge >= 0.3 is 0 Å². The summed E-state index contributed by atoms with van der Waals surface area (Å²) in [5.74, 6) is -0.0181. The first-order valence-electron chi connectivity index (χ1n) is 7.94. The lowest BCUT2D eigenvalue weighted by molar-refractivity contribution is -0.915. The fourth-order valence-electron chi connectivity index (χ4n) is 2.70. The summed E-state index contributed by atoms with van der Waals surface area (Å²) in [5.41, 5.74) is 2.00. The first-order valence-corrected chi connectivity index (χ1v) is 7.94. The largest absolute Gasteiger partial charge is 0.346 e. The molecule has 2 rings (SSSR count). The number of quaternary nitrogens is 1. The molecule has 23 heavy (non-hydrogen) atoms. The van der Waals surface area contributed by atoms with Crippen LogP contribution >= 0.6 is 0 Å². The molecule has 2 aromatic carbocycles. The third-order valence-electron chi connectivity index (χ3n) is 3.95. The van der Waals surface area contributed by atoms with Crippen molar-refractivity contribution in [1.29, 1.82) is 0 Å². The highest BCUT2D eigenvalue weighted by atomic mass is 16.1. The summed E-state index contributed by atoms with van der Waals surface area (Å²) >= 11 is 0. The molecular formula is C20H25N2O+. The highest BCUT2D eigenvalue weighted by Crippen LogP contribution is 2.11. The minimum atomic E-state index is -0.0181. The highest BCUT2D eigenvalue weighted by molar-refractivity contribution is 5.94. The second-order valence-corrected chi connectivity index (χ2v) is 6.08. The van der Waals surface area contributed by atoms with Gasteiger partial charge in [-0.05, 0) is 18.2 Å². The lowest BCUT2D eigenvalue weighted by Crippen LogP contribution is -2.48. The van der Waals surface area contributed by atoms with E-state index in [1.807, 2.05) is 42.5 Å². The molecule has 1 atom stereocenters. The van der Waals surface area contributed by atoms with E-state index in [-0.39, 0.29) is 5.91 Å². The Labute approximate surface area is 138 Å². The molecule has 1 unspecified atom stereocenters. The molecule has 0 saturated carbocycles. The molecule has 1 N–H and O–H groups in total. The zero-order valence-corrected chi connectivity index (χ0v) is 13.7. The predicted octanol–water partition coefficient (Wildman–Crippen LogP) is 3.25. The molecule has 0 radical (unpaired) electrons.